The van der Waals surface area contributed by atoms with Gasteiger partial charge in [-0.25, -0.2) is 0 Å². The van der Waals surface area contributed by atoms with Crippen molar-refractivity contribution >= 4 is 10.9 Å². The maximum absolute atomic E-state index is 10.5. The Kier molecular flexibility index (Phi) is 2.88. The average molecular weight is 300 g/mol. The van der Waals surface area contributed by atoms with E-state index in [4.69, 9.17) is 0 Å². The minimum atomic E-state index is -0.656. The molecule has 2 N–H and O–H groups in total. The summed E-state index contributed by atoms with van der Waals surface area (Å²) in [5.41, 5.74) is 2.82. The van der Waals surface area contributed by atoms with Gasteiger partial charge in [-0.3, -0.25) is 0 Å². The van der Waals surface area contributed by atoms with Gasteiger partial charge in [0, 0.05) is 36.0 Å². The molecule has 2 aliphatic rings. The lowest BCUT2D eigenvalue weighted by atomic mass is 9.69. The molecule has 4 rings (SSSR count). The first-order chi connectivity index (χ1) is 10.4. The molecular weight excluding hydrogens is 276 g/mol. The van der Waals surface area contributed by atoms with Gasteiger partial charge in [0.1, 0.15) is 0 Å². The van der Waals surface area contributed by atoms with Crippen molar-refractivity contribution < 1.29 is 10.3 Å². The third kappa shape index (κ3) is 1.90. The molecule has 0 radical (unpaired) electrons. The summed E-state index contributed by atoms with van der Waals surface area (Å²) >= 11 is 0. The van der Waals surface area contributed by atoms with Crippen LogP contribution in [0.1, 0.15) is 37.3 Å². The quantitative estimate of drug-likeness (QED) is 0.796. The van der Waals surface area contributed by atoms with Crippen molar-refractivity contribution in [3.8, 4) is 0 Å². The zero-order valence-electron chi connectivity index (χ0n) is 13.5. The van der Waals surface area contributed by atoms with E-state index in [1.165, 1.54) is 21.2 Å². The van der Waals surface area contributed by atoms with E-state index in [0.29, 0.717) is 12.0 Å². The topological polar surface area (TPSA) is 48.6 Å². The molecule has 0 saturated carbocycles. The fourth-order valence-electron chi connectivity index (χ4n) is 4.54. The van der Waals surface area contributed by atoms with E-state index in [1.807, 2.05) is 32.2 Å². The number of aromatic nitrogens is 1. The molecule has 1 aliphatic heterocycles. The molecule has 1 aliphatic carbocycles. The zero-order valence-corrected chi connectivity index (χ0v) is 13.5. The minimum Gasteiger partial charge on any atom is -0.428 e. The number of rotatable bonds is 1. The fraction of sp³-hybridized carbons (Fsp3) is 0.556. The summed E-state index contributed by atoms with van der Waals surface area (Å²) in [6.07, 6.45) is 3.84. The molecule has 4 heteroatoms. The Balaban J connectivity index is 1.84. The number of likely N-dealkylation sites (N-methyl/N-ethyl adjacent to an activating group) is 1. The molecule has 118 valence electrons. The lowest BCUT2D eigenvalue weighted by molar-refractivity contribution is -0.0335. The molecule has 1 saturated heterocycles. The number of piperidine rings is 1. The molecule has 1 aromatic carbocycles. The summed E-state index contributed by atoms with van der Waals surface area (Å²) < 4.78 is 1.26. The highest BCUT2D eigenvalue weighted by molar-refractivity contribution is 5.88. The van der Waals surface area contributed by atoms with Crippen LogP contribution in [0.15, 0.2) is 24.4 Å². The summed E-state index contributed by atoms with van der Waals surface area (Å²) in [5, 5.41) is 21.8. The largest absolute Gasteiger partial charge is 0.428 e. The van der Waals surface area contributed by atoms with Crippen molar-refractivity contribution in [1.82, 2.24) is 9.63 Å². The van der Waals surface area contributed by atoms with Gasteiger partial charge in [0.2, 0.25) is 0 Å². The van der Waals surface area contributed by atoms with E-state index >= 15 is 0 Å². The lowest BCUT2D eigenvalue weighted by Crippen LogP contribution is -2.52. The van der Waals surface area contributed by atoms with Gasteiger partial charge in [0.05, 0.1) is 11.1 Å². The number of hydrogen-bond donors (Lipinski definition) is 2. The van der Waals surface area contributed by atoms with E-state index in [-0.39, 0.29) is 5.92 Å². The number of likely N-dealkylation sites (tertiary alicyclic amines) is 1. The van der Waals surface area contributed by atoms with Gasteiger partial charge < -0.3 is 15.2 Å². The number of hydrogen-bond acceptors (Lipinski definition) is 3. The van der Waals surface area contributed by atoms with E-state index in [1.54, 1.807) is 0 Å². The monoisotopic (exact) mass is 300 g/mol. The molecule has 1 fully saturated rings. The second-order valence-electron chi connectivity index (χ2n) is 7.64. The Hall–Kier alpha value is -1.52. The fourth-order valence-corrected chi connectivity index (χ4v) is 4.54. The first kappa shape index (κ1) is 14.1. The molecule has 0 bridgehead atoms. The standard InChI is InChI=1S/C18H24N2O2/c1-18(2,21)12-8-14-13-5-4-6-15-17(13)11(9-20(15)22)7-16(14)19(3)10-12/h4-6,9,12,14,16,21-22H,7-8,10H2,1-3H3/t12?,14-,16-/m1/s1. The first-order valence-corrected chi connectivity index (χ1v) is 8.11. The highest BCUT2D eigenvalue weighted by Gasteiger charge is 2.43. The Morgan fingerprint density at radius 2 is 2.05 bits per heavy atom. The van der Waals surface area contributed by atoms with Gasteiger partial charge in [-0.15, -0.1) is 0 Å². The molecule has 22 heavy (non-hydrogen) atoms. The molecule has 0 spiro atoms. The summed E-state index contributed by atoms with van der Waals surface area (Å²) in [6, 6.07) is 6.66. The predicted octanol–water partition coefficient (Wildman–Crippen LogP) is 2.61. The van der Waals surface area contributed by atoms with Crippen LogP contribution < -0.4 is 0 Å². The minimum absolute atomic E-state index is 0.270. The highest BCUT2D eigenvalue weighted by atomic mass is 16.5. The Labute approximate surface area is 130 Å². The van der Waals surface area contributed by atoms with E-state index in [9.17, 15) is 10.3 Å². The van der Waals surface area contributed by atoms with E-state index in [0.717, 1.165) is 24.9 Å². The Bertz CT molecular complexity index is 728. The molecule has 4 nitrogen and oxygen atoms in total. The van der Waals surface area contributed by atoms with Crippen LogP contribution in [0.25, 0.3) is 10.9 Å². The Morgan fingerprint density at radius 1 is 1.27 bits per heavy atom. The molecule has 1 unspecified atom stereocenters. The third-order valence-electron chi connectivity index (χ3n) is 5.83. The van der Waals surface area contributed by atoms with Crippen molar-refractivity contribution in [2.24, 2.45) is 5.92 Å². The van der Waals surface area contributed by atoms with Crippen LogP contribution in [-0.4, -0.2) is 45.2 Å². The summed E-state index contributed by atoms with van der Waals surface area (Å²) in [4.78, 5) is 2.40. The van der Waals surface area contributed by atoms with Crippen molar-refractivity contribution in [3.63, 3.8) is 0 Å². The first-order valence-electron chi connectivity index (χ1n) is 8.11. The summed E-state index contributed by atoms with van der Waals surface area (Å²) in [7, 11) is 2.16. The molecule has 0 amide bonds. The maximum Gasteiger partial charge on any atom is 0.0871 e. The zero-order chi connectivity index (χ0) is 15.6. The van der Waals surface area contributed by atoms with Gasteiger partial charge in [-0.05, 0) is 50.9 Å². The molecule has 1 aromatic heterocycles. The van der Waals surface area contributed by atoms with Crippen LogP contribution in [0.3, 0.4) is 0 Å². The maximum atomic E-state index is 10.5. The SMILES string of the molecule is CN1CC(C(C)(C)O)C[C@@H]2c3cccc4c3c(cn4O)C[C@H]21. The molecule has 2 aromatic rings. The average Bonchev–Trinajstić information content (AvgIpc) is 2.77. The second kappa shape index (κ2) is 4.49. The summed E-state index contributed by atoms with van der Waals surface area (Å²) in [6.45, 7) is 4.77. The highest BCUT2D eigenvalue weighted by Crippen LogP contribution is 2.46. The van der Waals surface area contributed by atoms with Gasteiger partial charge in [-0.1, -0.05) is 12.1 Å². The number of nitrogens with zero attached hydrogens (tertiary/aromatic N) is 2. The van der Waals surface area contributed by atoms with Crippen LogP contribution >= 0.6 is 0 Å². The van der Waals surface area contributed by atoms with Gasteiger partial charge in [-0.2, -0.15) is 4.73 Å². The molecular formula is C18H24N2O2. The van der Waals surface area contributed by atoms with Crippen LogP contribution in [-0.2, 0) is 6.42 Å². The van der Waals surface area contributed by atoms with Crippen LogP contribution in [0.2, 0.25) is 0 Å². The smallest absolute Gasteiger partial charge is 0.0871 e. The predicted molar refractivity (Wildman–Crippen MR) is 86.4 cm³/mol. The van der Waals surface area contributed by atoms with Gasteiger partial charge in [0.25, 0.3) is 0 Å². The third-order valence-corrected chi connectivity index (χ3v) is 5.83. The van der Waals surface area contributed by atoms with Crippen molar-refractivity contribution in [2.75, 3.05) is 13.6 Å². The number of benzene rings is 1. The van der Waals surface area contributed by atoms with Crippen molar-refractivity contribution in [1.29, 1.82) is 0 Å². The van der Waals surface area contributed by atoms with E-state index in [2.05, 4.69) is 18.0 Å². The van der Waals surface area contributed by atoms with Crippen molar-refractivity contribution in [2.45, 2.75) is 44.2 Å². The van der Waals surface area contributed by atoms with Crippen LogP contribution in [0.4, 0.5) is 0 Å². The Morgan fingerprint density at radius 3 is 2.77 bits per heavy atom. The normalized spacial score (nSPS) is 28.8. The molecule has 3 atom stereocenters. The van der Waals surface area contributed by atoms with Crippen LogP contribution in [0.5, 0.6) is 0 Å². The summed E-state index contributed by atoms with van der Waals surface area (Å²) in [5.74, 6) is 0.695. The second-order valence-corrected chi connectivity index (χ2v) is 7.64. The van der Waals surface area contributed by atoms with Gasteiger partial charge >= 0.3 is 0 Å². The number of fused-ring (bicyclic) bond motifs is 2. The van der Waals surface area contributed by atoms with Gasteiger partial charge in [0.15, 0.2) is 0 Å². The van der Waals surface area contributed by atoms with Crippen LogP contribution in [0, 0.1) is 5.92 Å². The van der Waals surface area contributed by atoms with Crippen molar-refractivity contribution in [3.05, 3.63) is 35.5 Å². The lowest BCUT2D eigenvalue weighted by Gasteiger charge is -2.48. The molecule has 2 heterocycles. The number of aliphatic hydroxyl groups is 1. The van der Waals surface area contributed by atoms with E-state index < -0.39 is 5.60 Å².